The third kappa shape index (κ3) is 3.22. The Morgan fingerprint density at radius 2 is 2.04 bits per heavy atom. The summed E-state index contributed by atoms with van der Waals surface area (Å²) in [5, 5.41) is 11.0. The Morgan fingerprint density at radius 1 is 1.25 bits per heavy atom. The molecule has 0 aliphatic rings. The van der Waals surface area contributed by atoms with Crippen molar-refractivity contribution in [1.29, 1.82) is 0 Å². The van der Waals surface area contributed by atoms with Gasteiger partial charge in [-0.25, -0.2) is 4.98 Å². The van der Waals surface area contributed by atoms with Gasteiger partial charge < -0.3 is 8.98 Å². The van der Waals surface area contributed by atoms with Crippen LogP contribution in [-0.4, -0.2) is 14.5 Å². The molecule has 6 nitrogen and oxygen atoms in total. The van der Waals surface area contributed by atoms with E-state index in [1.165, 1.54) is 6.07 Å². The zero-order valence-electron chi connectivity index (χ0n) is 13.9. The highest BCUT2D eigenvalue weighted by atomic mass is 16.6. The van der Waals surface area contributed by atoms with Gasteiger partial charge in [-0.15, -0.1) is 0 Å². The predicted octanol–water partition coefficient (Wildman–Crippen LogP) is 4.40. The quantitative estimate of drug-likeness (QED) is 0.526. The van der Waals surface area contributed by atoms with E-state index in [2.05, 4.69) is 20.8 Å². The second kappa shape index (κ2) is 5.96. The average molecular weight is 325 g/mol. The smallest absolute Gasteiger partial charge is 0.270 e. The summed E-state index contributed by atoms with van der Waals surface area (Å²) in [6.45, 7) is 6.84. The summed E-state index contributed by atoms with van der Waals surface area (Å²) < 4.78 is 7.47. The third-order valence-electron chi connectivity index (χ3n) is 3.71. The van der Waals surface area contributed by atoms with Gasteiger partial charge in [0.2, 0.25) is 0 Å². The van der Waals surface area contributed by atoms with Crippen LogP contribution in [0, 0.1) is 10.1 Å². The highest BCUT2D eigenvalue weighted by molar-refractivity contribution is 5.62. The minimum atomic E-state index is -0.395. The lowest BCUT2D eigenvalue weighted by molar-refractivity contribution is -0.384. The molecule has 0 saturated carbocycles. The molecular weight excluding hydrogens is 306 g/mol. The number of benzene rings is 1. The van der Waals surface area contributed by atoms with Crippen LogP contribution >= 0.6 is 0 Å². The van der Waals surface area contributed by atoms with Crippen LogP contribution in [-0.2, 0) is 12.0 Å². The van der Waals surface area contributed by atoms with Crippen molar-refractivity contribution in [1.82, 2.24) is 9.55 Å². The Morgan fingerprint density at radius 3 is 2.67 bits per heavy atom. The molecule has 0 bridgehead atoms. The molecule has 0 radical (unpaired) electrons. The summed E-state index contributed by atoms with van der Waals surface area (Å²) in [7, 11) is 0. The summed E-state index contributed by atoms with van der Waals surface area (Å²) in [5.74, 6) is 1.74. The molecule has 0 spiro atoms. The average Bonchev–Trinajstić information content (AvgIpc) is 3.17. The molecule has 0 aliphatic heterocycles. The van der Waals surface area contributed by atoms with Crippen molar-refractivity contribution >= 4 is 5.69 Å². The second-order valence-corrected chi connectivity index (χ2v) is 6.71. The molecule has 0 aliphatic carbocycles. The van der Waals surface area contributed by atoms with Crippen molar-refractivity contribution in [2.75, 3.05) is 0 Å². The van der Waals surface area contributed by atoms with Crippen molar-refractivity contribution < 1.29 is 9.34 Å². The fraction of sp³-hybridized carbons (Fsp3) is 0.278. The van der Waals surface area contributed by atoms with Crippen LogP contribution in [0.1, 0.15) is 32.4 Å². The normalized spacial score (nSPS) is 11.6. The zero-order chi connectivity index (χ0) is 17.3. The summed E-state index contributed by atoms with van der Waals surface area (Å²) in [6, 6.07) is 10.3. The van der Waals surface area contributed by atoms with E-state index in [-0.39, 0.29) is 11.1 Å². The summed E-state index contributed by atoms with van der Waals surface area (Å²) in [4.78, 5) is 15.3. The summed E-state index contributed by atoms with van der Waals surface area (Å²) in [5.41, 5.74) is 1.35. The van der Waals surface area contributed by atoms with Gasteiger partial charge in [0, 0.05) is 29.3 Å². The fourth-order valence-corrected chi connectivity index (χ4v) is 2.62. The number of imidazole rings is 1. The molecule has 2 aromatic heterocycles. The van der Waals surface area contributed by atoms with Gasteiger partial charge >= 0.3 is 0 Å². The molecule has 0 unspecified atom stereocenters. The molecule has 1 aromatic carbocycles. The molecule has 3 rings (SSSR count). The van der Waals surface area contributed by atoms with Crippen LogP contribution in [0.3, 0.4) is 0 Å². The maximum atomic E-state index is 11.0. The Hall–Kier alpha value is -2.89. The standard InChI is InChI=1S/C18H19N3O3/c1-18(2,3)17-19-16(12-20(17)11-15-8-5-9-24-15)13-6-4-7-14(10-13)21(22)23/h4-10,12H,11H2,1-3H3. The number of furan rings is 1. The van der Waals surface area contributed by atoms with Gasteiger partial charge in [0.25, 0.3) is 5.69 Å². The van der Waals surface area contributed by atoms with Gasteiger partial charge in [0.15, 0.2) is 0 Å². The van der Waals surface area contributed by atoms with Crippen molar-refractivity contribution in [3.05, 3.63) is 70.6 Å². The molecule has 6 heteroatoms. The molecule has 24 heavy (non-hydrogen) atoms. The van der Waals surface area contributed by atoms with Gasteiger partial charge in [-0.2, -0.15) is 0 Å². The predicted molar refractivity (Wildman–Crippen MR) is 90.8 cm³/mol. The van der Waals surface area contributed by atoms with Gasteiger partial charge in [0.05, 0.1) is 23.4 Å². The molecule has 3 aromatic rings. The summed E-state index contributed by atoms with van der Waals surface area (Å²) >= 11 is 0. The molecule has 0 atom stereocenters. The van der Waals surface area contributed by atoms with E-state index >= 15 is 0 Å². The molecule has 2 heterocycles. The maximum absolute atomic E-state index is 11.0. The van der Waals surface area contributed by atoms with E-state index in [1.807, 2.05) is 29.0 Å². The largest absolute Gasteiger partial charge is 0.467 e. The monoisotopic (exact) mass is 325 g/mol. The maximum Gasteiger partial charge on any atom is 0.270 e. The Bertz CT molecular complexity index is 858. The highest BCUT2D eigenvalue weighted by Crippen LogP contribution is 2.28. The Balaban J connectivity index is 2.05. The van der Waals surface area contributed by atoms with E-state index in [1.54, 1.807) is 18.4 Å². The van der Waals surface area contributed by atoms with E-state index in [9.17, 15) is 10.1 Å². The first-order chi connectivity index (χ1) is 11.3. The van der Waals surface area contributed by atoms with Gasteiger partial charge in [-0.3, -0.25) is 10.1 Å². The number of aromatic nitrogens is 2. The van der Waals surface area contributed by atoms with Gasteiger partial charge in [-0.1, -0.05) is 32.9 Å². The van der Waals surface area contributed by atoms with Crippen molar-refractivity contribution in [2.24, 2.45) is 0 Å². The molecule has 0 N–H and O–H groups in total. The van der Waals surface area contributed by atoms with Crippen LogP contribution in [0.5, 0.6) is 0 Å². The van der Waals surface area contributed by atoms with E-state index in [0.29, 0.717) is 6.54 Å². The number of nitro groups is 1. The Labute approximate surface area is 139 Å². The number of rotatable bonds is 4. The molecule has 0 amide bonds. The highest BCUT2D eigenvalue weighted by Gasteiger charge is 2.23. The van der Waals surface area contributed by atoms with Crippen molar-refractivity contribution in [3.8, 4) is 11.3 Å². The first-order valence-corrected chi connectivity index (χ1v) is 7.69. The molecule has 0 fully saturated rings. The van der Waals surface area contributed by atoms with E-state index in [0.717, 1.165) is 22.8 Å². The third-order valence-corrected chi connectivity index (χ3v) is 3.71. The second-order valence-electron chi connectivity index (χ2n) is 6.71. The number of hydrogen-bond donors (Lipinski definition) is 0. The topological polar surface area (TPSA) is 74.1 Å². The van der Waals surface area contributed by atoms with E-state index < -0.39 is 4.92 Å². The lowest BCUT2D eigenvalue weighted by atomic mass is 9.95. The molecule has 0 saturated heterocycles. The first kappa shape index (κ1) is 16.0. The van der Waals surface area contributed by atoms with Crippen molar-refractivity contribution in [2.45, 2.75) is 32.7 Å². The molecule has 124 valence electrons. The van der Waals surface area contributed by atoms with E-state index in [4.69, 9.17) is 9.40 Å². The fourth-order valence-electron chi connectivity index (χ4n) is 2.62. The minimum Gasteiger partial charge on any atom is -0.467 e. The first-order valence-electron chi connectivity index (χ1n) is 7.69. The molecular formula is C18H19N3O3. The lowest BCUT2D eigenvalue weighted by Crippen LogP contribution is -2.19. The van der Waals surface area contributed by atoms with Crippen molar-refractivity contribution in [3.63, 3.8) is 0 Å². The van der Waals surface area contributed by atoms with Crippen LogP contribution in [0.25, 0.3) is 11.3 Å². The summed E-state index contributed by atoms with van der Waals surface area (Å²) in [6.07, 6.45) is 3.56. The number of nitrogens with zero attached hydrogens (tertiary/aromatic N) is 3. The van der Waals surface area contributed by atoms with Crippen LogP contribution in [0.15, 0.2) is 53.3 Å². The van der Waals surface area contributed by atoms with Gasteiger partial charge in [0.1, 0.15) is 11.6 Å². The SMILES string of the molecule is CC(C)(C)c1nc(-c2cccc([N+](=O)[O-])c2)cn1Cc1ccco1. The number of non-ortho nitro benzene ring substituents is 1. The van der Waals surface area contributed by atoms with Crippen LogP contribution in [0.2, 0.25) is 0 Å². The zero-order valence-corrected chi connectivity index (χ0v) is 13.9. The Kier molecular flexibility index (Phi) is 3.97. The van der Waals surface area contributed by atoms with Crippen LogP contribution < -0.4 is 0 Å². The minimum absolute atomic E-state index is 0.0605. The number of hydrogen-bond acceptors (Lipinski definition) is 4. The van der Waals surface area contributed by atoms with Crippen LogP contribution in [0.4, 0.5) is 5.69 Å². The number of nitro benzene ring substituents is 1. The lowest BCUT2D eigenvalue weighted by Gasteiger charge is -2.19. The van der Waals surface area contributed by atoms with Gasteiger partial charge in [-0.05, 0) is 12.1 Å².